The van der Waals surface area contributed by atoms with Crippen molar-refractivity contribution in [1.29, 1.82) is 0 Å². The molecule has 0 radical (unpaired) electrons. The maximum Gasteiger partial charge on any atom is 0.162 e. The van der Waals surface area contributed by atoms with Crippen molar-refractivity contribution in [3.05, 3.63) is 53.4 Å². The lowest BCUT2D eigenvalue weighted by Gasteiger charge is -2.19. The Labute approximate surface area is 117 Å². The lowest BCUT2D eigenvalue weighted by atomic mass is 10.0. The van der Waals surface area contributed by atoms with Crippen molar-refractivity contribution in [2.45, 2.75) is 25.8 Å². The number of nitrogens with zero attached hydrogens (tertiary/aromatic N) is 2. The highest BCUT2D eigenvalue weighted by atomic mass is 19.2. The average molecular weight is 279 g/mol. The molecule has 1 N–H and O–H groups in total. The third-order valence-electron chi connectivity index (χ3n) is 3.31. The van der Waals surface area contributed by atoms with E-state index >= 15 is 0 Å². The summed E-state index contributed by atoms with van der Waals surface area (Å²) in [4.78, 5) is 0. The summed E-state index contributed by atoms with van der Waals surface area (Å²) in [6.07, 6.45) is 3.07. The van der Waals surface area contributed by atoms with Gasteiger partial charge in [0.1, 0.15) is 0 Å². The molecule has 0 fully saturated rings. The second kappa shape index (κ2) is 6.61. The van der Waals surface area contributed by atoms with Crippen LogP contribution in [0.4, 0.5) is 8.78 Å². The Balaban J connectivity index is 2.24. The number of nitrogens with one attached hydrogen (secondary N) is 1. The predicted octanol–water partition coefficient (Wildman–Crippen LogP) is 2.98. The Hall–Kier alpha value is -1.75. The molecular weight excluding hydrogens is 260 g/mol. The maximum absolute atomic E-state index is 13.8. The smallest absolute Gasteiger partial charge is 0.162 e. The lowest BCUT2D eigenvalue weighted by Crippen LogP contribution is -2.26. The van der Waals surface area contributed by atoms with E-state index in [9.17, 15) is 8.78 Å². The van der Waals surface area contributed by atoms with Crippen molar-refractivity contribution in [3.63, 3.8) is 0 Å². The normalized spacial score (nSPS) is 12.6. The first-order valence-corrected chi connectivity index (χ1v) is 6.77. The molecule has 108 valence electrons. The molecule has 2 aromatic rings. The number of aryl methyl sites for hydroxylation is 1. The first-order valence-electron chi connectivity index (χ1n) is 6.77. The van der Waals surface area contributed by atoms with Gasteiger partial charge in [-0.1, -0.05) is 19.1 Å². The lowest BCUT2D eigenvalue weighted by molar-refractivity contribution is 0.463. The second-order valence-corrected chi connectivity index (χ2v) is 4.80. The standard InChI is InChI=1S/C15H19F2N3/c1-3-8-18-13(14-7-9-19-20(14)2)10-11-5-4-6-12(16)15(11)17/h4-7,9,13,18H,3,8,10H2,1-2H3. The van der Waals surface area contributed by atoms with Crippen LogP contribution in [0.1, 0.15) is 30.6 Å². The zero-order chi connectivity index (χ0) is 14.5. The zero-order valence-electron chi connectivity index (χ0n) is 11.7. The first kappa shape index (κ1) is 14.7. The van der Waals surface area contributed by atoms with Gasteiger partial charge in [-0.3, -0.25) is 4.68 Å². The molecule has 0 spiro atoms. The number of rotatable bonds is 6. The van der Waals surface area contributed by atoms with Gasteiger partial charge in [0.15, 0.2) is 11.6 Å². The van der Waals surface area contributed by atoms with Gasteiger partial charge in [-0.15, -0.1) is 0 Å². The molecular formula is C15H19F2N3. The highest BCUT2D eigenvalue weighted by Crippen LogP contribution is 2.21. The van der Waals surface area contributed by atoms with Gasteiger partial charge in [-0.25, -0.2) is 8.78 Å². The van der Waals surface area contributed by atoms with Gasteiger partial charge in [0.05, 0.1) is 11.7 Å². The molecule has 2 rings (SSSR count). The minimum Gasteiger partial charge on any atom is -0.308 e. The summed E-state index contributed by atoms with van der Waals surface area (Å²) in [6, 6.07) is 6.10. The van der Waals surface area contributed by atoms with E-state index in [4.69, 9.17) is 0 Å². The fourth-order valence-electron chi connectivity index (χ4n) is 2.25. The van der Waals surface area contributed by atoms with Gasteiger partial charge in [-0.05, 0) is 37.1 Å². The van der Waals surface area contributed by atoms with Crippen LogP contribution in [0, 0.1) is 11.6 Å². The molecule has 3 nitrogen and oxygen atoms in total. The van der Waals surface area contributed by atoms with Crippen molar-refractivity contribution in [1.82, 2.24) is 15.1 Å². The summed E-state index contributed by atoms with van der Waals surface area (Å²) in [5.74, 6) is -1.57. The second-order valence-electron chi connectivity index (χ2n) is 4.80. The van der Waals surface area contributed by atoms with Crippen LogP contribution in [-0.4, -0.2) is 16.3 Å². The van der Waals surface area contributed by atoms with Crippen LogP contribution in [0.3, 0.4) is 0 Å². The Morgan fingerprint density at radius 3 is 2.75 bits per heavy atom. The third kappa shape index (κ3) is 3.22. The SMILES string of the molecule is CCCNC(Cc1cccc(F)c1F)c1ccnn1C. The van der Waals surface area contributed by atoms with Crippen molar-refractivity contribution < 1.29 is 8.78 Å². The van der Waals surface area contributed by atoms with Gasteiger partial charge in [-0.2, -0.15) is 5.10 Å². The molecule has 0 saturated heterocycles. The van der Waals surface area contributed by atoms with Gasteiger partial charge in [0.25, 0.3) is 0 Å². The average Bonchev–Trinajstić information content (AvgIpc) is 2.85. The summed E-state index contributed by atoms with van der Waals surface area (Å²) < 4.78 is 28.8. The van der Waals surface area contributed by atoms with Crippen LogP contribution in [0.25, 0.3) is 0 Å². The molecule has 0 saturated carbocycles. The highest BCUT2D eigenvalue weighted by Gasteiger charge is 2.18. The van der Waals surface area contributed by atoms with E-state index in [1.807, 2.05) is 13.1 Å². The van der Waals surface area contributed by atoms with E-state index in [2.05, 4.69) is 17.3 Å². The van der Waals surface area contributed by atoms with Crippen LogP contribution < -0.4 is 5.32 Å². The fourth-order valence-corrected chi connectivity index (χ4v) is 2.25. The van der Waals surface area contributed by atoms with E-state index in [0.29, 0.717) is 12.0 Å². The van der Waals surface area contributed by atoms with Crippen LogP contribution in [0.15, 0.2) is 30.5 Å². The van der Waals surface area contributed by atoms with Crippen molar-refractivity contribution in [3.8, 4) is 0 Å². The molecule has 0 bridgehead atoms. The molecule has 5 heteroatoms. The fraction of sp³-hybridized carbons (Fsp3) is 0.400. The number of hydrogen-bond donors (Lipinski definition) is 1. The predicted molar refractivity (Wildman–Crippen MR) is 74.3 cm³/mol. The van der Waals surface area contributed by atoms with Gasteiger partial charge in [0.2, 0.25) is 0 Å². The molecule has 0 aliphatic rings. The summed E-state index contributed by atoms with van der Waals surface area (Å²) in [5.41, 5.74) is 1.34. The monoisotopic (exact) mass is 279 g/mol. The number of hydrogen-bond acceptors (Lipinski definition) is 2. The van der Waals surface area contributed by atoms with Gasteiger partial charge >= 0.3 is 0 Å². The Morgan fingerprint density at radius 2 is 2.10 bits per heavy atom. The highest BCUT2D eigenvalue weighted by molar-refractivity contribution is 5.22. The largest absolute Gasteiger partial charge is 0.308 e. The first-order chi connectivity index (χ1) is 9.63. The molecule has 0 aliphatic carbocycles. The Kier molecular flexibility index (Phi) is 4.84. The Morgan fingerprint density at radius 1 is 1.30 bits per heavy atom. The molecule has 20 heavy (non-hydrogen) atoms. The van der Waals surface area contributed by atoms with Crippen LogP contribution in [0.5, 0.6) is 0 Å². The van der Waals surface area contributed by atoms with Crippen molar-refractivity contribution >= 4 is 0 Å². The molecule has 0 amide bonds. The minimum atomic E-state index is -0.804. The molecule has 1 unspecified atom stereocenters. The zero-order valence-corrected chi connectivity index (χ0v) is 11.7. The molecule has 0 aliphatic heterocycles. The summed E-state index contributed by atoms with van der Waals surface area (Å²) in [7, 11) is 1.85. The van der Waals surface area contributed by atoms with Crippen molar-refractivity contribution in [2.24, 2.45) is 7.05 Å². The van der Waals surface area contributed by atoms with Crippen molar-refractivity contribution in [2.75, 3.05) is 6.54 Å². The molecule has 1 aromatic heterocycles. The maximum atomic E-state index is 13.8. The van der Waals surface area contributed by atoms with E-state index in [1.54, 1.807) is 16.9 Å². The van der Waals surface area contributed by atoms with Crippen LogP contribution in [-0.2, 0) is 13.5 Å². The topological polar surface area (TPSA) is 29.9 Å². The van der Waals surface area contributed by atoms with Gasteiger partial charge < -0.3 is 5.32 Å². The van der Waals surface area contributed by atoms with Crippen LogP contribution >= 0.6 is 0 Å². The third-order valence-corrected chi connectivity index (χ3v) is 3.31. The van der Waals surface area contributed by atoms with E-state index in [1.165, 1.54) is 6.07 Å². The summed E-state index contributed by atoms with van der Waals surface area (Å²) >= 11 is 0. The molecule has 1 heterocycles. The number of aromatic nitrogens is 2. The van der Waals surface area contributed by atoms with Gasteiger partial charge in [0, 0.05) is 13.2 Å². The molecule has 1 aromatic carbocycles. The van der Waals surface area contributed by atoms with Crippen LogP contribution in [0.2, 0.25) is 0 Å². The summed E-state index contributed by atoms with van der Waals surface area (Å²) in [5, 5.41) is 7.49. The van der Waals surface area contributed by atoms with E-state index in [0.717, 1.165) is 24.7 Å². The number of benzene rings is 1. The summed E-state index contributed by atoms with van der Waals surface area (Å²) in [6.45, 7) is 2.88. The van der Waals surface area contributed by atoms with E-state index < -0.39 is 11.6 Å². The van der Waals surface area contributed by atoms with E-state index in [-0.39, 0.29) is 6.04 Å². The minimum absolute atomic E-state index is 0.0845. The molecule has 1 atom stereocenters. The number of halogens is 2. The quantitative estimate of drug-likeness (QED) is 0.881. The Bertz CT molecular complexity index is 566.